The summed E-state index contributed by atoms with van der Waals surface area (Å²) in [5.74, 6) is -0.680. The van der Waals surface area contributed by atoms with Crippen molar-refractivity contribution in [2.75, 3.05) is 19.4 Å². The lowest BCUT2D eigenvalue weighted by Crippen LogP contribution is -1.99. The molecule has 0 heterocycles. The molecule has 0 bridgehead atoms. The Morgan fingerprint density at radius 1 is 1.42 bits per heavy atom. The maximum absolute atomic E-state index is 12.3. The quantitative estimate of drug-likeness (QED) is 0.612. The summed E-state index contributed by atoms with van der Waals surface area (Å²) < 4.78 is 33.4. The number of hydrogen-bond donors (Lipinski definition) is 0. The van der Waals surface area contributed by atoms with Crippen molar-refractivity contribution >= 4 is 7.60 Å². The van der Waals surface area contributed by atoms with Gasteiger partial charge in [-0.2, -0.15) is 0 Å². The van der Waals surface area contributed by atoms with E-state index in [4.69, 9.17) is 9.05 Å². The molecule has 0 unspecified atom stereocenters. The molecular weight excluding hydrogens is 182 g/mol. The van der Waals surface area contributed by atoms with Crippen molar-refractivity contribution in [3.8, 4) is 0 Å². The highest BCUT2D eigenvalue weighted by molar-refractivity contribution is 7.54. The standard InChI is InChI=1S/C7H14FO3P/c1-4-10-12(9,11-5-2)6-7(3)8/h3-6H2,1-2H3. The van der Waals surface area contributed by atoms with Crippen molar-refractivity contribution in [1.82, 2.24) is 0 Å². The van der Waals surface area contributed by atoms with Gasteiger partial charge in [-0.05, 0) is 13.8 Å². The van der Waals surface area contributed by atoms with Crippen LogP contribution in [0.2, 0.25) is 0 Å². The van der Waals surface area contributed by atoms with Gasteiger partial charge in [0.1, 0.15) is 12.0 Å². The van der Waals surface area contributed by atoms with Crippen LogP contribution in [0.1, 0.15) is 13.8 Å². The number of hydrogen-bond acceptors (Lipinski definition) is 3. The lowest BCUT2D eigenvalue weighted by Gasteiger charge is -2.15. The van der Waals surface area contributed by atoms with E-state index in [-0.39, 0.29) is 19.4 Å². The third-order valence-electron chi connectivity index (χ3n) is 1.02. The molecule has 0 spiro atoms. The zero-order chi connectivity index (χ0) is 9.61. The minimum Gasteiger partial charge on any atom is -0.309 e. The van der Waals surface area contributed by atoms with E-state index in [2.05, 4.69) is 6.58 Å². The summed E-state index contributed by atoms with van der Waals surface area (Å²) in [6.07, 6.45) is -0.353. The first kappa shape index (κ1) is 11.8. The molecule has 0 fully saturated rings. The van der Waals surface area contributed by atoms with Crippen molar-refractivity contribution in [3.05, 3.63) is 12.4 Å². The Balaban J connectivity index is 4.18. The molecule has 0 saturated heterocycles. The lowest BCUT2D eigenvalue weighted by molar-refractivity contribution is 0.221. The molecule has 0 saturated carbocycles. The highest BCUT2D eigenvalue weighted by atomic mass is 31.2. The third-order valence-corrected chi connectivity index (χ3v) is 3.05. The molecule has 0 radical (unpaired) electrons. The summed E-state index contributed by atoms with van der Waals surface area (Å²) in [7, 11) is -3.25. The van der Waals surface area contributed by atoms with Crippen molar-refractivity contribution in [3.63, 3.8) is 0 Å². The van der Waals surface area contributed by atoms with Gasteiger partial charge in [0, 0.05) is 0 Å². The SMILES string of the molecule is C=C(F)CP(=O)(OCC)OCC. The van der Waals surface area contributed by atoms with Crippen LogP contribution in [0.15, 0.2) is 12.4 Å². The van der Waals surface area contributed by atoms with Gasteiger partial charge in [0.15, 0.2) is 0 Å². The smallest absolute Gasteiger partial charge is 0.309 e. The van der Waals surface area contributed by atoms with Crippen LogP contribution < -0.4 is 0 Å². The van der Waals surface area contributed by atoms with E-state index in [1.165, 1.54) is 0 Å². The Morgan fingerprint density at radius 3 is 2.08 bits per heavy atom. The van der Waals surface area contributed by atoms with E-state index in [0.717, 1.165) is 0 Å². The predicted molar refractivity (Wildman–Crippen MR) is 46.0 cm³/mol. The Bertz CT molecular complexity index is 183. The number of rotatable bonds is 6. The molecule has 0 aromatic heterocycles. The van der Waals surface area contributed by atoms with E-state index in [0.29, 0.717) is 0 Å². The summed E-state index contributed by atoms with van der Waals surface area (Å²) in [6, 6.07) is 0. The highest BCUT2D eigenvalue weighted by Crippen LogP contribution is 2.49. The zero-order valence-corrected chi connectivity index (χ0v) is 8.27. The second kappa shape index (κ2) is 5.46. The van der Waals surface area contributed by atoms with E-state index in [1.54, 1.807) is 13.8 Å². The van der Waals surface area contributed by atoms with Gasteiger partial charge < -0.3 is 9.05 Å². The monoisotopic (exact) mass is 196 g/mol. The van der Waals surface area contributed by atoms with Gasteiger partial charge in [-0.25, -0.2) is 4.39 Å². The topological polar surface area (TPSA) is 35.5 Å². The van der Waals surface area contributed by atoms with Crippen LogP contribution in [0, 0.1) is 0 Å². The summed E-state index contributed by atoms with van der Waals surface area (Å²) in [6.45, 7) is 6.83. The lowest BCUT2D eigenvalue weighted by atomic mass is 10.7. The van der Waals surface area contributed by atoms with Crippen molar-refractivity contribution in [2.45, 2.75) is 13.8 Å². The Morgan fingerprint density at radius 2 is 1.83 bits per heavy atom. The van der Waals surface area contributed by atoms with Gasteiger partial charge in [-0.3, -0.25) is 4.57 Å². The predicted octanol–water partition coefficient (Wildman–Crippen LogP) is 2.74. The molecule has 3 nitrogen and oxygen atoms in total. The highest BCUT2D eigenvalue weighted by Gasteiger charge is 2.24. The average Bonchev–Trinajstić information content (AvgIpc) is 1.85. The van der Waals surface area contributed by atoms with Crippen molar-refractivity contribution < 1.29 is 18.0 Å². The first-order chi connectivity index (χ1) is 5.54. The van der Waals surface area contributed by atoms with Crippen LogP contribution in [0.5, 0.6) is 0 Å². The maximum Gasteiger partial charge on any atom is 0.337 e. The van der Waals surface area contributed by atoms with Crippen LogP contribution in [0.25, 0.3) is 0 Å². The molecule has 12 heavy (non-hydrogen) atoms. The van der Waals surface area contributed by atoms with E-state index in [9.17, 15) is 8.96 Å². The largest absolute Gasteiger partial charge is 0.337 e. The molecule has 0 aliphatic rings. The van der Waals surface area contributed by atoms with Crippen LogP contribution in [-0.4, -0.2) is 19.4 Å². The third kappa shape index (κ3) is 4.65. The van der Waals surface area contributed by atoms with Crippen LogP contribution in [0.4, 0.5) is 4.39 Å². The van der Waals surface area contributed by atoms with E-state index >= 15 is 0 Å². The fourth-order valence-corrected chi connectivity index (χ4v) is 2.20. The maximum atomic E-state index is 12.3. The molecule has 0 aromatic carbocycles. The fraction of sp³-hybridized carbons (Fsp3) is 0.714. The molecule has 0 aromatic rings. The summed E-state index contributed by atoms with van der Waals surface area (Å²) in [4.78, 5) is 0. The van der Waals surface area contributed by atoms with Gasteiger partial charge in [0.05, 0.1) is 13.2 Å². The summed E-state index contributed by atoms with van der Waals surface area (Å²) in [5, 5.41) is 0. The Labute approximate surface area is 72.1 Å². The Hall–Kier alpha value is -0.180. The molecule has 72 valence electrons. The van der Waals surface area contributed by atoms with Gasteiger partial charge in [0.2, 0.25) is 0 Å². The molecule has 0 aliphatic heterocycles. The molecule has 5 heteroatoms. The molecule has 0 N–H and O–H groups in total. The molecular formula is C7H14FO3P. The second-order valence-electron chi connectivity index (χ2n) is 2.12. The molecule has 0 amide bonds. The number of halogens is 1. The normalized spacial score (nSPS) is 11.6. The molecule has 0 rings (SSSR count). The minimum atomic E-state index is -3.25. The van der Waals surface area contributed by atoms with Crippen LogP contribution in [0.3, 0.4) is 0 Å². The van der Waals surface area contributed by atoms with Gasteiger partial charge in [-0.1, -0.05) is 6.58 Å². The van der Waals surface area contributed by atoms with Gasteiger partial charge >= 0.3 is 7.60 Å². The zero-order valence-electron chi connectivity index (χ0n) is 7.38. The molecule has 0 atom stereocenters. The van der Waals surface area contributed by atoms with E-state index < -0.39 is 13.4 Å². The Kier molecular flexibility index (Phi) is 5.38. The second-order valence-corrected chi connectivity index (χ2v) is 4.18. The average molecular weight is 196 g/mol. The van der Waals surface area contributed by atoms with Crippen molar-refractivity contribution in [1.29, 1.82) is 0 Å². The first-order valence-electron chi connectivity index (χ1n) is 3.75. The first-order valence-corrected chi connectivity index (χ1v) is 5.48. The van der Waals surface area contributed by atoms with Crippen molar-refractivity contribution in [2.24, 2.45) is 0 Å². The molecule has 0 aliphatic carbocycles. The van der Waals surface area contributed by atoms with Gasteiger partial charge in [-0.15, -0.1) is 0 Å². The van der Waals surface area contributed by atoms with E-state index in [1.807, 2.05) is 0 Å². The summed E-state index contributed by atoms with van der Waals surface area (Å²) >= 11 is 0. The van der Waals surface area contributed by atoms with Gasteiger partial charge in [0.25, 0.3) is 0 Å². The fourth-order valence-electron chi connectivity index (χ4n) is 0.732. The van der Waals surface area contributed by atoms with Crippen LogP contribution in [-0.2, 0) is 13.6 Å². The number of allylic oxidation sites excluding steroid dienone is 1. The minimum absolute atomic E-state index is 0.241. The summed E-state index contributed by atoms with van der Waals surface area (Å²) in [5.41, 5.74) is 0. The van der Waals surface area contributed by atoms with Crippen LogP contribution >= 0.6 is 7.60 Å².